The predicted molar refractivity (Wildman–Crippen MR) is 131 cm³/mol. The Morgan fingerprint density at radius 2 is 1.85 bits per heavy atom. The Kier molecular flexibility index (Phi) is 6.98. The van der Waals surface area contributed by atoms with E-state index in [2.05, 4.69) is 40.5 Å². The van der Waals surface area contributed by atoms with Gasteiger partial charge in [-0.25, -0.2) is 14.6 Å². The molecule has 2 aromatic rings. The van der Waals surface area contributed by atoms with Crippen LogP contribution in [0.3, 0.4) is 0 Å². The van der Waals surface area contributed by atoms with Gasteiger partial charge in [-0.15, -0.1) is 0 Å². The fourth-order valence-electron chi connectivity index (χ4n) is 4.59. The van der Waals surface area contributed by atoms with E-state index in [0.717, 1.165) is 24.2 Å². The lowest BCUT2D eigenvalue weighted by atomic mass is 9.93. The third-order valence-corrected chi connectivity index (χ3v) is 6.57. The maximum atomic E-state index is 12.3. The van der Waals surface area contributed by atoms with Crippen LogP contribution < -0.4 is 5.48 Å². The van der Waals surface area contributed by atoms with Crippen molar-refractivity contribution in [2.24, 2.45) is 10.9 Å². The van der Waals surface area contributed by atoms with Crippen molar-refractivity contribution < 1.29 is 14.4 Å². The van der Waals surface area contributed by atoms with Crippen LogP contribution in [-0.4, -0.2) is 40.1 Å². The van der Waals surface area contributed by atoms with Gasteiger partial charge < -0.3 is 14.2 Å². The second kappa shape index (κ2) is 9.75. The first kappa shape index (κ1) is 23.6. The number of likely N-dealkylation sites (tertiary alicyclic amines) is 1. The van der Waals surface area contributed by atoms with E-state index >= 15 is 0 Å². The average molecular weight is 455 g/mol. The normalized spacial score (nSPS) is 21.7. The predicted octanol–water partition coefficient (Wildman–Crippen LogP) is 5.97. The number of aromatic nitrogens is 1. The number of hydrogen-bond donors (Lipinski definition) is 1. The third-order valence-electron chi connectivity index (χ3n) is 6.57. The lowest BCUT2D eigenvalue weighted by Gasteiger charge is -2.33. The maximum Gasteiger partial charge on any atom is 0.410 e. The highest BCUT2D eigenvalue weighted by atomic mass is 16.7. The van der Waals surface area contributed by atoms with Crippen LogP contribution in [0.2, 0.25) is 0 Å². The summed E-state index contributed by atoms with van der Waals surface area (Å²) in [7, 11) is 0. The second-order valence-corrected chi connectivity index (χ2v) is 9.95. The first-order valence-electron chi connectivity index (χ1n) is 12.5. The van der Waals surface area contributed by atoms with Gasteiger partial charge >= 0.3 is 6.09 Å². The van der Waals surface area contributed by atoms with Gasteiger partial charge in [-0.1, -0.05) is 26.0 Å². The molecule has 0 bridgehead atoms. The number of piperidine rings is 1. The SMILES string of the molecule is CC.CC(C)(C)OC(=O)N1CCC(C2=NC(c3ccc4ccn(C5CCC5)c4c3)ON2)CC1. The number of benzene rings is 1. The molecule has 180 valence electrons. The average Bonchev–Trinajstić information content (AvgIpc) is 3.41. The van der Waals surface area contributed by atoms with Crippen molar-refractivity contribution in [3.8, 4) is 0 Å². The van der Waals surface area contributed by atoms with Crippen molar-refractivity contribution in [1.29, 1.82) is 0 Å². The van der Waals surface area contributed by atoms with Gasteiger partial charge in [0.2, 0.25) is 6.23 Å². The molecule has 0 spiro atoms. The number of amides is 1. The van der Waals surface area contributed by atoms with Crippen LogP contribution in [0.1, 0.15) is 84.6 Å². The van der Waals surface area contributed by atoms with Crippen LogP contribution in [-0.2, 0) is 9.57 Å². The van der Waals surface area contributed by atoms with Crippen LogP contribution >= 0.6 is 0 Å². The second-order valence-electron chi connectivity index (χ2n) is 9.95. The molecule has 1 atom stereocenters. The molecule has 3 heterocycles. The lowest BCUT2D eigenvalue weighted by molar-refractivity contribution is 0.0191. The van der Waals surface area contributed by atoms with Gasteiger partial charge in [-0.05, 0) is 70.4 Å². The zero-order valence-electron chi connectivity index (χ0n) is 20.6. The van der Waals surface area contributed by atoms with Crippen molar-refractivity contribution in [1.82, 2.24) is 14.9 Å². The number of hydroxylamine groups is 1. The summed E-state index contributed by atoms with van der Waals surface area (Å²) in [6.07, 6.45) is 7.20. The molecule has 1 aromatic carbocycles. The Morgan fingerprint density at radius 1 is 1.12 bits per heavy atom. The number of rotatable bonds is 3. The molecule has 2 fully saturated rings. The third kappa shape index (κ3) is 5.18. The van der Waals surface area contributed by atoms with E-state index in [1.54, 1.807) is 4.90 Å². The first-order chi connectivity index (χ1) is 15.9. The first-order valence-corrected chi connectivity index (χ1v) is 12.5. The van der Waals surface area contributed by atoms with Gasteiger partial charge in [0.15, 0.2) is 0 Å². The number of ether oxygens (including phenoxy) is 1. The number of carbonyl (C=O) groups is 1. The molecule has 7 nitrogen and oxygen atoms in total. The number of fused-ring (bicyclic) bond motifs is 1. The number of amidine groups is 1. The van der Waals surface area contributed by atoms with Gasteiger partial charge in [-0.2, -0.15) is 0 Å². The number of aliphatic imine (C=N–C) groups is 1. The van der Waals surface area contributed by atoms with Crippen molar-refractivity contribution in [2.45, 2.75) is 84.6 Å². The van der Waals surface area contributed by atoms with Crippen molar-refractivity contribution in [3.05, 3.63) is 36.0 Å². The molecule has 1 saturated carbocycles. The Morgan fingerprint density at radius 3 is 2.48 bits per heavy atom. The number of nitrogens with zero attached hydrogens (tertiary/aromatic N) is 3. The molecule has 1 saturated heterocycles. The smallest absolute Gasteiger partial charge is 0.410 e. The number of nitrogens with one attached hydrogen (secondary N) is 1. The fraction of sp³-hybridized carbons (Fsp3) is 0.615. The van der Waals surface area contributed by atoms with Gasteiger partial charge in [0.05, 0.1) is 0 Å². The topological polar surface area (TPSA) is 68.1 Å². The molecule has 1 unspecified atom stereocenters. The van der Waals surface area contributed by atoms with E-state index in [1.165, 1.54) is 30.2 Å². The summed E-state index contributed by atoms with van der Waals surface area (Å²) < 4.78 is 7.90. The highest BCUT2D eigenvalue weighted by Gasteiger charge is 2.32. The zero-order chi connectivity index (χ0) is 23.6. The summed E-state index contributed by atoms with van der Waals surface area (Å²) in [5, 5.41) is 1.26. The van der Waals surface area contributed by atoms with Crippen LogP contribution in [0.15, 0.2) is 35.5 Å². The molecule has 33 heavy (non-hydrogen) atoms. The minimum atomic E-state index is -0.467. The zero-order valence-corrected chi connectivity index (χ0v) is 20.6. The number of carbonyl (C=O) groups excluding carboxylic acids is 1. The van der Waals surface area contributed by atoms with Gasteiger partial charge in [0.25, 0.3) is 0 Å². The standard InChI is InChI=1S/C24H32N4O3.C2H6/c1-24(2,3)30-23(29)27-12-9-17(10-13-27)21-25-22(31-26-21)18-8-7-16-11-14-28(20(16)15-18)19-5-4-6-19;1-2/h7-8,11,14-15,17,19,22H,4-6,9-10,12-13H2,1-3H3,(H,25,26);1-2H3. The summed E-state index contributed by atoms with van der Waals surface area (Å²) in [6, 6.07) is 9.31. The fourth-order valence-corrected chi connectivity index (χ4v) is 4.59. The van der Waals surface area contributed by atoms with Gasteiger partial charge in [0, 0.05) is 42.3 Å². The molecule has 1 aliphatic carbocycles. The highest BCUT2D eigenvalue weighted by Crippen LogP contribution is 2.36. The van der Waals surface area contributed by atoms with E-state index < -0.39 is 5.60 Å². The Labute approximate surface area is 197 Å². The van der Waals surface area contributed by atoms with Crippen LogP contribution in [0.25, 0.3) is 10.9 Å². The highest BCUT2D eigenvalue weighted by molar-refractivity contribution is 5.86. The lowest BCUT2D eigenvalue weighted by Crippen LogP contribution is -2.44. The summed E-state index contributed by atoms with van der Waals surface area (Å²) >= 11 is 0. The molecule has 1 amide bonds. The molecule has 1 N–H and O–H groups in total. The summed E-state index contributed by atoms with van der Waals surface area (Å²) in [5.74, 6) is 1.16. The van der Waals surface area contributed by atoms with E-state index in [1.807, 2.05) is 34.6 Å². The molecular weight excluding hydrogens is 416 g/mol. The minimum Gasteiger partial charge on any atom is -0.444 e. The quantitative estimate of drug-likeness (QED) is 0.620. The van der Waals surface area contributed by atoms with E-state index in [4.69, 9.17) is 14.6 Å². The molecule has 7 heteroatoms. The molecule has 3 aliphatic rings. The van der Waals surface area contributed by atoms with E-state index in [-0.39, 0.29) is 18.2 Å². The van der Waals surface area contributed by atoms with Crippen LogP contribution in [0.5, 0.6) is 0 Å². The minimum absolute atomic E-state index is 0.232. The maximum absolute atomic E-state index is 12.3. The van der Waals surface area contributed by atoms with Gasteiger partial charge in [-0.3, -0.25) is 5.48 Å². The molecule has 0 radical (unpaired) electrons. The number of hydrogen-bond acceptors (Lipinski definition) is 5. The summed E-state index contributed by atoms with van der Waals surface area (Å²) in [6.45, 7) is 11.0. The molecular formula is C26H38N4O3. The Hall–Kier alpha value is -2.54. The van der Waals surface area contributed by atoms with E-state index in [9.17, 15) is 4.79 Å². The Balaban J connectivity index is 0.00000126. The monoisotopic (exact) mass is 454 g/mol. The molecule has 5 rings (SSSR count). The summed E-state index contributed by atoms with van der Waals surface area (Å²) in [5.41, 5.74) is 4.93. The molecule has 1 aromatic heterocycles. The molecule has 2 aliphatic heterocycles. The largest absolute Gasteiger partial charge is 0.444 e. The van der Waals surface area contributed by atoms with Crippen molar-refractivity contribution in [3.63, 3.8) is 0 Å². The van der Waals surface area contributed by atoms with Gasteiger partial charge in [0.1, 0.15) is 11.4 Å². The van der Waals surface area contributed by atoms with E-state index in [0.29, 0.717) is 19.1 Å². The van der Waals surface area contributed by atoms with Crippen molar-refractivity contribution >= 4 is 22.8 Å². The Bertz CT molecular complexity index is 995. The van der Waals surface area contributed by atoms with Crippen molar-refractivity contribution in [2.75, 3.05) is 13.1 Å². The van der Waals surface area contributed by atoms with Crippen LogP contribution in [0.4, 0.5) is 4.79 Å². The van der Waals surface area contributed by atoms with Crippen LogP contribution in [0, 0.1) is 5.92 Å². The summed E-state index contributed by atoms with van der Waals surface area (Å²) in [4.78, 5) is 24.8.